The van der Waals surface area contributed by atoms with Gasteiger partial charge in [-0.3, -0.25) is 4.79 Å². The summed E-state index contributed by atoms with van der Waals surface area (Å²) >= 11 is 0. The molecule has 1 saturated heterocycles. The number of aryl methyl sites for hydroxylation is 1. The number of nitrogens with zero attached hydrogens (tertiary/aromatic N) is 3. The summed E-state index contributed by atoms with van der Waals surface area (Å²) in [4.78, 5) is 20.8. The number of halogens is 1. The fraction of sp³-hybridized carbons (Fsp3) is 0.545. The summed E-state index contributed by atoms with van der Waals surface area (Å²) in [6.45, 7) is 3.37. The number of piperazine rings is 1. The molecule has 98 valence electrons. The van der Waals surface area contributed by atoms with Gasteiger partial charge in [-0.2, -0.15) is 0 Å². The molecule has 2 rings (SSSR count). The Morgan fingerprint density at radius 1 is 1.67 bits per heavy atom. The van der Waals surface area contributed by atoms with Crippen LogP contribution in [0.1, 0.15) is 12.6 Å². The number of carbonyl (C=O) groups is 1. The molecule has 3 N–H and O–H groups in total. The minimum Gasteiger partial charge on any atom is -0.368 e. The zero-order valence-corrected chi connectivity index (χ0v) is 10.2. The molecule has 1 unspecified atom stereocenters. The highest BCUT2D eigenvalue weighted by Crippen LogP contribution is 2.21. The summed E-state index contributed by atoms with van der Waals surface area (Å²) in [5.74, 6) is -0.793. The Kier molecular flexibility index (Phi) is 3.71. The number of amides is 1. The Bertz CT molecular complexity index is 453. The number of carbonyl (C=O) groups excluding carboxylic acids is 1. The van der Waals surface area contributed by atoms with E-state index in [0.717, 1.165) is 0 Å². The first-order valence-electron chi connectivity index (χ1n) is 5.91. The van der Waals surface area contributed by atoms with Crippen molar-refractivity contribution in [2.75, 3.05) is 24.5 Å². The lowest BCUT2D eigenvalue weighted by molar-refractivity contribution is -0.119. The molecule has 7 heteroatoms. The van der Waals surface area contributed by atoms with Gasteiger partial charge in [0.15, 0.2) is 11.6 Å². The number of hydrogen-bond donors (Lipinski definition) is 2. The predicted octanol–water partition coefficient (Wildman–Crippen LogP) is -0.558. The van der Waals surface area contributed by atoms with Gasteiger partial charge in [0.05, 0.1) is 5.69 Å². The Balaban J connectivity index is 2.36. The van der Waals surface area contributed by atoms with Crippen LogP contribution in [0, 0.1) is 5.82 Å². The lowest BCUT2D eigenvalue weighted by Gasteiger charge is -2.35. The zero-order valence-electron chi connectivity index (χ0n) is 10.2. The van der Waals surface area contributed by atoms with Gasteiger partial charge in [-0.1, -0.05) is 6.92 Å². The van der Waals surface area contributed by atoms with Crippen molar-refractivity contribution in [3.05, 3.63) is 17.8 Å². The van der Waals surface area contributed by atoms with E-state index in [9.17, 15) is 9.18 Å². The second kappa shape index (κ2) is 5.26. The molecule has 1 fully saturated rings. The molecule has 6 nitrogen and oxygen atoms in total. The Morgan fingerprint density at radius 2 is 2.44 bits per heavy atom. The third-order valence-corrected chi connectivity index (χ3v) is 3.02. The maximum absolute atomic E-state index is 14.2. The second-order valence-corrected chi connectivity index (χ2v) is 4.13. The molecule has 18 heavy (non-hydrogen) atoms. The van der Waals surface area contributed by atoms with Crippen molar-refractivity contribution in [1.29, 1.82) is 0 Å². The third kappa shape index (κ3) is 2.26. The van der Waals surface area contributed by atoms with E-state index in [2.05, 4.69) is 15.3 Å². The summed E-state index contributed by atoms with van der Waals surface area (Å²) in [5.41, 5.74) is 5.68. The van der Waals surface area contributed by atoms with Gasteiger partial charge in [-0.25, -0.2) is 14.4 Å². The summed E-state index contributed by atoms with van der Waals surface area (Å²) in [6.07, 6.45) is 1.80. The molecule has 1 aliphatic rings. The highest BCUT2D eigenvalue weighted by Gasteiger charge is 2.30. The van der Waals surface area contributed by atoms with Crippen molar-refractivity contribution >= 4 is 11.7 Å². The normalized spacial score (nSPS) is 19.9. The molecule has 1 aromatic rings. The topological polar surface area (TPSA) is 84.1 Å². The van der Waals surface area contributed by atoms with E-state index in [1.807, 2.05) is 6.92 Å². The second-order valence-electron chi connectivity index (χ2n) is 4.13. The van der Waals surface area contributed by atoms with Crippen molar-refractivity contribution in [2.45, 2.75) is 19.4 Å². The largest absolute Gasteiger partial charge is 0.368 e. The summed E-state index contributed by atoms with van der Waals surface area (Å²) in [5, 5.41) is 3.06. The minimum absolute atomic E-state index is 0.159. The fourth-order valence-electron chi connectivity index (χ4n) is 2.05. The molecule has 0 radical (unpaired) electrons. The van der Waals surface area contributed by atoms with Gasteiger partial charge < -0.3 is 16.0 Å². The van der Waals surface area contributed by atoms with E-state index in [0.29, 0.717) is 31.7 Å². The first kappa shape index (κ1) is 12.7. The van der Waals surface area contributed by atoms with Crippen molar-refractivity contribution < 1.29 is 9.18 Å². The maximum Gasteiger partial charge on any atom is 0.241 e. The monoisotopic (exact) mass is 253 g/mol. The Labute approximate surface area is 104 Å². The number of primary amides is 1. The van der Waals surface area contributed by atoms with Crippen molar-refractivity contribution in [3.63, 3.8) is 0 Å². The van der Waals surface area contributed by atoms with Crippen LogP contribution in [0.4, 0.5) is 10.2 Å². The van der Waals surface area contributed by atoms with Crippen molar-refractivity contribution in [3.8, 4) is 0 Å². The molecule has 2 heterocycles. The lowest BCUT2D eigenvalue weighted by atomic mass is 10.1. The van der Waals surface area contributed by atoms with Crippen LogP contribution in [0.3, 0.4) is 0 Å². The summed E-state index contributed by atoms with van der Waals surface area (Å²) in [6, 6.07) is -0.576. The van der Waals surface area contributed by atoms with Gasteiger partial charge in [-0.15, -0.1) is 0 Å². The van der Waals surface area contributed by atoms with Gasteiger partial charge in [0, 0.05) is 19.6 Å². The van der Waals surface area contributed by atoms with Gasteiger partial charge in [0.25, 0.3) is 0 Å². The molecule has 0 spiro atoms. The molecular formula is C11H16FN5O. The zero-order chi connectivity index (χ0) is 13.1. The lowest BCUT2D eigenvalue weighted by Crippen LogP contribution is -2.57. The maximum atomic E-state index is 14.2. The number of rotatable bonds is 3. The Hall–Kier alpha value is -1.76. The van der Waals surface area contributed by atoms with Crippen molar-refractivity contribution in [2.24, 2.45) is 5.73 Å². The molecular weight excluding hydrogens is 237 g/mol. The highest BCUT2D eigenvalue weighted by molar-refractivity contribution is 5.84. The van der Waals surface area contributed by atoms with E-state index >= 15 is 0 Å². The molecule has 0 aliphatic carbocycles. The van der Waals surface area contributed by atoms with Gasteiger partial charge in [-0.05, 0) is 6.42 Å². The van der Waals surface area contributed by atoms with Gasteiger partial charge in [0.2, 0.25) is 5.91 Å². The van der Waals surface area contributed by atoms with Crippen LogP contribution in [0.2, 0.25) is 0 Å². The quantitative estimate of drug-likeness (QED) is 0.754. The van der Waals surface area contributed by atoms with Gasteiger partial charge >= 0.3 is 0 Å². The predicted molar refractivity (Wildman–Crippen MR) is 64.6 cm³/mol. The Morgan fingerprint density at radius 3 is 3.11 bits per heavy atom. The molecule has 0 saturated carbocycles. The van der Waals surface area contributed by atoms with Crippen LogP contribution in [0.25, 0.3) is 0 Å². The van der Waals surface area contributed by atoms with E-state index in [1.165, 1.54) is 6.33 Å². The standard InChI is InChI=1S/C11H16FN5O/c1-2-7-9(12)11(16-6-15-7)17-4-3-14-5-8(17)10(13)18/h6,8,14H,2-5H2,1H3,(H2,13,18). The van der Waals surface area contributed by atoms with Crippen LogP contribution >= 0.6 is 0 Å². The molecule has 1 aromatic heterocycles. The molecule has 0 aromatic carbocycles. The van der Waals surface area contributed by atoms with Crippen LogP contribution in [0.5, 0.6) is 0 Å². The molecule has 0 bridgehead atoms. The molecule has 1 aliphatic heterocycles. The first-order chi connectivity index (χ1) is 8.65. The summed E-state index contributed by atoms with van der Waals surface area (Å²) < 4.78 is 14.2. The van der Waals surface area contributed by atoms with E-state index in [-0.39, 0.29) is 5.82 Å². The molecule has 1 amide bonds. The van der Waals surface area contributed by atoms with Crippen LogP contribution in [-0.4, -0.2) is 41.6 Å². The fourth-order valence-corrected chi connectivity index (χ4v) is 2.05. The van der Waals surface area contributed by atoms with Crippen LogP contribution in [0.15, 0.2) is 6.33 Å². The van der Waals surface area contributed by atoms with Crippen molar-refractivity contribution in [1.82, 2.24) is 15.3 Å². The van der Waals surface area contributed by atoms with Crippen LogP contribution in [-0.2, 0) is 11.2 Å². The van der Waals surface area contributed by atoms with E-state index in [1.54, 1.807) is 4.90 Å². The average Bonchev–Trinajstić information content (AvgIpc) is 2.39. The van der Waals surface area contributed by atoms with E-state index in [4.69, 9.17) is 5.73 Å². The third-order valence-electron chi connectivity index (χ3n) is 3.02. The molecule has 1 atom stereocenters. The number of anilines is 1. The number of aromatic nitrogens is 2. The smallest absolute Gasteiger partial charge is 0.241 e. The highest BCUT2D eigenvalue weighted by atomic mass is 19.1. The minimum atomic E-state index is -0.576. The van der Waals surface area contributed by atoms with E-state index < -0.39 is 17.8 Å². The van der Waals surface area contributed by atoms with Gasteiger partial charge in [0.1, 0.15) is 12.4 Å². The average molecular weight is 253 g/mol. The number of nitrogens with one attached hydrogen (secondary N) is 1. The summed E-state index contributed by atoms with van der Waals surface area (Å²) in [7, 11) is 0. The van der Waals surface area contributed by atoms with Crippen LogP contribution < -0.4 is 16.0 Å². The number of nitrogens with two attached hydrogens (primary N) is 1. The first-order valence-corrected chi connectivity index (χ1v) is 5.91. The number of hydrogen-bond acceptors (Lipinski definition) is 5. The SMILES string of the molecule is CCc1ncnc(N2CCNCC2C(N)=O)c1F.